The van der Waals surface area contributed by atoms with Crippen molar-refractivity contribution in [2.45, 2.75) is 0 Å². The molecule has 0 heterocycles. The third-order valence-electron chi connectivity index (χ3n) is 1.55. The predicted molar refractivity (Wildman–Crippen MR) is 52.7 cm³/mol. The van der Waals surface area contributed by atoms with Gasteiger partial charge in [-0.1, -0.05) is 12.1 Å². The maximum Gasteiger partial charge on any atom is 0.488 e. The van der Waals surface area contributed by atoms with Gasteiger partial charge in [-0.05, 0) is 17.6 Å². The van der Waals surface area contributed by atoms with Crippen LogP contribution in [0, 0.1) is 0 Å². The van der Waals surface area contributed by atoms with Crippen LogP contribution in [0.25, 0.3) is 0 Å². The molecule has 13 heavy (non-hydrogen) atoms. The van der Waals surface area contributed by atoms with E-state index in [1.807, 2.05) is 0 Å². The Balaban J connectivity index is 2.59. The Labute approximate surface area is 78.0 Å². The van der Waals surface area contributed by atoms with Crippen molar-refractivity contribution in [3.63, 3.8) is 0 Å². The molecular formula is C7H10B2NO3. The minimum absolute atomic E-state index is 0.461. The van der Waals surface area contributed by atoms with Crippen molar-refractivity contribution in [1.29, 1.82) is 0 Å². The van der Waals surface area contributed by atoms with Crippen molar-refractivity contribution in [3.05, 3.63) is 24.3 Å². The maximum absolute atomic E-state index is 8.79. The molecule has 4 nitrogen and oxygen atoms in total. The van der Waals surface area contributed by atoms with E-state index in [1.54, 1.807) is 31.4 Å². The molecule has 1 aromatic rings. The molecule has 1 rings (SSSR count). The molecule has 6 heteroatoms. The average molecular weight is 178 g/mol. The quantitative estimate of drug-likeness (QED) is 0.515. The largest absolute Gasteiger partial charge is 0.488 e. The van der Waals surface area contributed by atoms with E-state index in [4.69, 9.17) is 10.0 Å². The Morgan fingerprint density at radius 3 is 2.38 bits per heavy atom. The van der Waals surface area contributed by atoms with E-state index in [-0.39, 0.29) is 0 Å². The van der Waals surface area contributed by atoms with Gasteiger partial charge in [0.15, 0.2) is 0 Å². The minimum atomic E-state index is -1.42. The average Bonchev–Trinajstić information content (AvgIpc) is 2.15. The van der Waals surface area contributed by atoms with Crippen LogP contribution in [0.5, 0.6) is 0 Å². The van der Waals surface area contributed by atoms with E-state index in [2.05, 4.69) is 9.88 Å². The molecule has 0 unspecified atom stereocenters. The fourth-order valence-electron chi connectivity index (χ4n) is 0.878. The highest BCUT2D eigenvalue weighted by molar-refractivity contribution is 6.58. The maximum atomic E-state index is 8.79. The van der Waals surface area contributed by atoms with Crippen molar-refractivity contribution >= 4 is 25.9 Å². The fourth-order valence-corrected chi connectivity index (χ4v) is 0.878. The summed E-state index contributed by atoms with van der Waals surface area (Å²) in [6.45, 7) is 0. The van der Waals surface area contributed by atoms with Gasteiger partial charge >= 0.3 is 14.7 Å². The van der Waals surface area contributed by atoms with Crippen LogP contribution in [0.3, 0.4) is 0 Å². The van der Waals surface area contributed by atoms with E-state index in [1.165, 1.54) is 7.62 Å². The lowest BCUT2D eigenvalue weighted by atomic mass is 9.80. The van der Waals surface area contributed by atoms with E-state index >= 15 is 0 Å². The molecule has 0 bridgehead atoms. The topological polar surface area (TPSA) is 61.7 Å². The molecular weight excluding hydrogens is 168 g/mol. The second kappa shape index (κ2) is 4.91. The van der Waals surface area contributed by atoms with Crippen molar-refractivity contribution in [3.8, 4) is 0 Å². The van der Waals surface area contributed by atoms with Gasteiger partial charge in [-0.15, -0.1) is 0 Å². The van der Waals surface area contributed by atoms with Gasteiger partial charge in [-0.25, -0.2) is 0 Å². The van der Waals surface area contributed by atoms with Crippen LogP contribution < -0.4 is 10.7 Å². The minimum Gasteiger partial charge on any atom is -0.423 e. The van der Waals surface area contributed by atoms with Crippen molar-refractivity contribution in [2.75, 3.05) is 12.3 Å². The third kappa shape index (κ3) is 3.10. The summed E-state index contributed by atoms with van der Waals surface area (Å²) < 4.78 is 4.69. The van der Waals surface area contributed by atoms with Crippen LogP contribution in [0.4, 0.5) is 5.69 Å². The first-order valence-electron chi connectivity index (χ1n) is 3.81. The molecule has 0 aromatic heterocycles. The zero-order chi connectivity index (χ0) is 9.68. The lowest BCUT2D eigenvalue weighted by molar-refractivity contribution is 0.426. The lowest BCUT2D eigenvalue weighted by Crippen LogP contribution is -2.29. The Bertz CT molecular complexity index is 252. The molecule has 0 fully saturated rings. The molecule has 67 valence electrons. The summed E-state index contributed by atoms with van der Waals surface area (Å²) in [7, 11) is 1.56. The van der Waals surface area contributed by atoms with Gasteiger partial charge in [0.1, 0.15) is 0 Å². The van der Waals surface area contributed by atoms with Gasteiger partial charge < -0.3 is 19.9 Å². The van der Waals surface area contributed by atoms with Gasteiger partial charge in [-0.3, -0.25) is 0 Å². The van der Waals surface area contributed by atoms with Gasteiger partial charge in [0.25, 0.3) is 0 Å². The molecule has 0 spiro atoms. The molecule has 0 saturated heterocycles. The molecule has 0 saturated carbocycles. The first kappa shape index (κ1) is 10.1. The molecule has 0 atom stereocenters. The Morgan fingerprint density at radius 2 is 1.92 bits per heavy atom. The number of nitrogens with one attached hydrogen (secondary N) is 1. The molecule has 0 amide bonds. The Morgan fingerprint density at radius 1 is 1.31 bits per heavy atom. The first-order valence-corrected chi connectivity index (χ1v) is 3.81. The predicted octanol–water partition coefficient (Wildman–Crippen LogP) is -1.04. The zero-order valence-corrected chi connectivity index (χ0v) is 7.27. The number of hydrogen-bond acceptors (Lipinski definition) is 4. The summed E-state index contributed by atoms with van der Waals surface area (Å²) in [6.07, 6.45) is 0. The summed E-state index contributed by atoms with van der Waals surface area (Å²) >= 11 is 0. The molecule has 3 N–H and O–H groups in total. The molecule has 0 aliphatic rings. The molecule has 1 radical (unpaired) electrons. The zero-order valence-electron chi connectivity index (χ0n) is 7.27. The molecule has 0 aliphatic carbocycles. The second-order valence-corrected chi connectivity index (χ2v) is 2.49. The van der Waals surface area contributed by atoms with Crippen LogP contribution in [0.15, 0.2) is 24.3 Å². The Kier molecular flexibility index (Phi) is 3.82. The highest BCUT2D eigenvalue weighted by Crippen LogP contribution is 2.02. The number of benzene rings is 1. The highest BCUT2D eigenvalue weighted by Gasteiger charge is 2.09. The summed E-state index contributed by atoms with van der Waals surface area (Å²) in [5.74, 6) is 0. The Hall–Kier alpha value is -0.970. The van der Waals surface area contributed by atoms with Crippen LogP contribution >= 0.6 is 0 Å². The summed E-state index contributed by atoms with van der Waals surface area (Å²) in [5.41, 5.74) is 1.29. The highest BCUT2D eigenvalue weighted by atomic mass is 16.4. The van der Waals surface area contributed by atoms with Gasteiger partial charge in [0.2, 0.25) is 0 Å². The van der Waals surface area contributed by atoms with Crippen LogP contribution in [-0.4, -0.2) is 31.9 Å². The van der Waals surface area contributed by atoms with Gasteiger partial charge in [0.05, 0.1) is 0 Å². The van der Waals surface area contributed by atoms with Crippen molar-refractivity contribution in [2.24, 2.45) is 0 Å². The standard InChI is InChI=1S/C7H10B2NO3/c1-13-8-10-7-4-2-6(3-5-7)9(11)12/h2-5,10-12H,1H3. The van der Waals surface area contributed by atoms with Gasteiger partial charge in [0, 0.05) is 12.8 Å². The van der Waals surface area contributed by atoms with Crippen molar-refractivity contribution < 1.29 is 14.7 Å². The van der Waals surface area contributed by atoms with E-state index < -0.39 is 7.12 Å². The monoisotopic (exact) mass is 178 g/mol. The smallest absolute Gasteiger partial charge is 0.423 e. The molecule has 0 aliphatic heterocycles. The van der Waals surface area contributed by atoms with E-state index in [0.717, 1.165) is 5.69 Å². The van der Waals surface area contributed by atoms with Crippen LogP contribution in [-0.2, 0) is 4.65 Å². The number of rotatable bonds is 4. The summed E-state index contributed by atoms with van der Waals surface area (Å²) in [4.78, 5) is 0. The SMILES string of the molecule is CO[B]Nc1ccc(B(O)O)cc1. The van der Waals surface area contributed by atoms with Crippen LogP contribution in [0.2, 0.25) is 0 Å². The second-order valence-electron chi connectivity index (χ2n) is 2.49. The normalized spacial score (nSPS) is 9.46. The van der Waals surface area contributed by atoms with E-state index in [9.17, 15) is 0 Å². The first-order chi connectivity index (χ1) is 6.24. The van der Waals surface area contributed by atoms with Crippen LogP contribution in [0.1, 0.15) is 0 Å². The van der Waals surface area contributed by atoms with Gasteiger partial charge in [-0.2, -0.15) is 0 Å². The number of hydrogen-bond donors (Lipinski definition) is 3. The van der Waals surface area contributed by atoms with Crippen molar-refractivity contribution in [1.82, 2.24) is 0 Å². The fraction of sp³-hybridized carbons (Fsp3) is 0.143. The van der Waals surface area contributed by atoms with E-state index in [0.29, 0.717) is 5.46 Å². The lowest BCUT2D eigenvalue weighted by Gasteiger charge is -2.04. The summed E-state index contributed by atoms with van der Waals surface area (Å²) in [6, 6.07) is 6.70. The summed E-state index contributed by atoms with van der Waals surface area (Å²) in [5, 5.41) is 20.4. The number of anilines is 1. The molecule has 1 aromatic carbocycles. The third-order valence-corrected chi connectivity index (χ3v) is 1.55.